The number of hydrogen-bond donors (Lipinski definition) is 1. The van der Waals surface area contributed by atoms with Gasteiger partial charge in [0.1, 0.15) is 0 Å². The fraction of sp³-hybridized carbons (Fsp3) is 1.00. The van der Waals surface area contributed by atoms with E-state index >= 15 is 0 Å². The molecule has 2 rings (SSSR count). The molecule has 1 saturated carbocycles. The molecule has 1 N–H and O–H groups in total. The minimum Gasteiger partial charge on any atom is -0.314 e. The summed E-state index contributed by atoms with van der Waals surface area (Å²) in [4.78, 5) is 0. The van der Waals surface area contributed by atoms with Crippen molar-refractivity contribution in [2.45, 2.75) is 38.6 Å². The molecule has 0 amide bonds. The highest BCUT2D eigenvalue weighted by molar-refractivity contribution is 4.86. The van der Waals surface area contributed by atoms with Gasteiger partial charge in [-0.05, 0) is 38.1 Å². The quantitative estimate of drug-likeness (QED) is 0.539. The average Bonchev–Trinajstić information content (AvgIpc) is 2.33. The highest BCUT2D eigenvalue weighted by Gasteiger charge is 2.31. The first kappa shape index (κ1) is 6.66. The van der Waals surface area contributed by atoms with E-state index in [1.807, 2.05) is 0 Å². The van der Waals surface area contributed by atoms with Gasteiger partial charge < -0.3 is 5.32 Å². The summed E-state index contributed by atoms with van der Waals surface area (Å²) in [7, 11) is 0. The zero-order chi connectivity index (χ0) is 6.97. The molecule has 0 radical (unpaired) electrons. The van der Waals surface area contributed by atoms with E-state index in [2.05, 4.69) is 12.2 Å². The van der Waals surface area contributed by atoms with Crippen molar-refractivity contribution in [2.75, 3.05) is 6.54 Å². The smallest absolute Gasteiger partial charge is 0.00415 e. The second-order valence-corrected chi connectivity index (χ2v) is 4.00. The summed E-state index contributed by atoms with van der Waals surface area (Å²) in [5, 5.41) is 3.55. The molecule has 0 bridgehead atoms. The van der Waals surface area contributed by atoms with Gasteiger partial charge in [0, 0.05) is 6.04 Å². The molecule has 0 spiro atoms. The largest absolute Gasteiger partial charge is 0.314 e. The van der Waals surface area contributed by atoms with E-state index in [9.17, 15) is 0 Å². The van der Waals surface area contributed by atoms with E-state index < -0.39 is 0 Å². The minimum atomic E-state index is 0.791. The van der Waals surface area contributed by atoms with Crippen molar-refractivity contribution >= 4 is 0 Å². The Morgan fingerprint density at radius 2 is 2.00 bits per heavy atom. The van der Waals surface area contributed by atoms with Gasteiger partial charge in [-0.1, -0.05) is 12.8 Å². The second-order valence-electron chi connectivity index (χ2n) is 4.00. The number of nitrogens with one attached hydrogen (secondary N) is 1. The predicted octanol–water partition coefficient (Wildman–Crippen LogP) is 1.78. The lowest BCUT2D eigenvalue weighted by atomic mass is 9.86. The standard InChI is InChI=1S/C9H17N/c1-7-5-8-3-2-4-9(8)6-10-7/h7-10H,2-6H2,1H3/t7?,8?,9-/m1/s1. The van der Waals surface area contributed by atoms with Crippen molar-refractivity contribution in [1.29, 1.82) is 0 Å². The van der Waals surface area contributed by atoms with Crippen LogP contribution in [0, 0.1) is 11.8 Å². The van der Waals surface area contributed by atoms with E-state index in [4.69, 9.17) is 0 Å². The van der Waals surface area contributed by atoms with E-state index in [1.165, 1.54) is 32.2 Å². The lowest BCUT2D eigenvalue weighted by Gasteiger charge is -2.30. The Morgan fingerprint density at radius 3 is 2.90 bits per heavy atom. The predicted molar refractivity (Wildman–Crippen MR) is 42.9 cm³/mol. The molecule has 0 aromatic rings. The maximum absolute atomic E-state index is 3.55. The van der Waals surface area contributed by atoms with Crippen molar-refractivity contribution in [2.24, 2.45) is 11.8 Å². The van der Waals surface area contributed by atoms with E-state index in [0.29, 0.717) is 0 Å². The Labute approximate surface area is 63.2 Å². The van der Waals surface area contributed by atoms with Crippen LogP contribution in [0.2, 0.25) is 0 Å². The average molecular weight is 139 g/mol. The summed E-state index contributed by atoms with van der Waals surface area (Å²) in [5.41, 5.74) is 0. The van der Waals surface area contributed by atoms with E-state index in [1.54, 1.807) is 0 Å². The first-order valence-electron chi connectivity index (χ1n) is 4.59. The molecule has 2 unspecified atom stereocenters. The second kappa shape index (κ2) is 2.54. The molecule has 1 heteroatoms. The maximum atomic E-state index is 3.55. The SMILES string of the molecule is CC1CC2CCC[C@@H]2CN1. The van der Waals surface area contributed by atoms with Gasteiger partial charge in [0.2, 0.25) is 0 Å². The van der Waals surface area contributed by atoms with Crippen molar-refractivity contribution in [1.82, 2.24) is 5.32 Å². The molecular formula is C9H17N. The van der Waals surface area contributed by atoms with Crippen LogP contribution in [0.4, 0.5) is 0 Å². The lowest BCUT2D eigenvalue weighted by molar-refractivity contribution is 0.251. The molecule has 1 aliphatic carbocycles. The third-order valence-electron chi connectivity index (χ3n) is 3.20. The molecule has 1 heterocycles. The van der Waals surface area contributed by atoms with Gasteiger partial charge in [0.05, 0.1) is 0 Å². The van der Waals surface area contributed by atoms with Crippen molar-refractivity contribution in [3.8, 4) is 0 Å². The Kier molecular flexibility index (Phi) is 1.69. The molecule has 2 aliphatic rings. The molecule has 10 heavy (non-hydrogen) atoms. The molecule has 2 fully saturated rings. The van der Waals surface area contributed by atoms with Gasteiger partial charge in [0.25, 0.3) is 0 Å². The normalized spacial score (nSPS) is 47.1. The zero-order valence-corrected chi connectivity index (χ0v) is 6.77. The number of rotatable bonds is 0. The summed E-state index contributed by atoms with van der Waals surface area (Å²) in [6, 6.07) is 0.791. The lowest BCUT2D eigenvalue weighted by Crippen LogP contribution is -2.40. The van der Waals surface area contributed by atoms with Crippen molar-refractivity contribution < 1.29 is 0 Å². The van der Waals surface area contributed by atoms with E-state index in [-0.39, 0.29) is 0 Å². The van der Waals surface area contributed by atoms with Crippen LogP contribution < -0.4 is 5.32 Å². The number of piperidine rings is 1. The topological polar surface area (TPSA) is 12.0 Å². The molecule has 3 atom stereocenters. The minimum absolute atomic E-state index is 0.791. The van der Waals surface area contributed by atoms with Gasteiger partial charge in [0.15, 0.2) is 0 Å². The van der Waals surface area contributed by atoms with Gasteiger partial charge in [-0.3, -0.25) is 0 Å². The molecule has 0 aromatic carbocycles. The monoisotopic (exact) mass is 139 g/mol. The van der Waals surface area contributed by atoms with Crippen LogP contribution in [0.5, 0.6) is 0 Å². The van der Waals surface area contributed by atoms with Crippen LogP contribution in [-0.2, 0) is 0 Å². The van der Waals surface area contributed by atoms with Crippen molar-refractivity contribution in [3.63, 3.8) is 0 Å². The summed E-state index contributed by atoms with van der Waals surface area (Å²) >= 11 is 0. The van der Waals surface area contributed by atoms with Gasteiger partial charge in [-0.15, -0.1) is 0 Å². The van der Waals surface area contributed by atoms with Crippen LogP contribution >= 0.6 is 0 Å². The first-order valence-corrected chi connectivity index (χ1v) is 4.59. The summed E-state index contributed by atoms with van der Waals surface area (Å²) in [6.07, 6.45) is 5.93. The van der Waals surface area contributed by atoms with Gasteiger partial charge in [-0.2, -0.15) is 0 Å². The maximum Gasteiger partial charge on any atom is 0.00415 e. The van der Waals surface area contributed by atoms with Crippen LogP contribution in [0.15, 0.2) is 0 Å². The molecule has 1 saturated heterocycles. The Hall–Kier alpha value is -0.0400. The molecule has 1 aliphatic heterocycles. The molecule has 58 valence electrons. The van der Waals surface area contributed by atoms with E-state index in [0.717, 1.165) is 17.9 Å². The van der Waals surface area contributed by atoms with Gasteiger partial charge >= 0.3 is 0 Å². The Bertz CT molecular complexity index is 122. The Balaban J connectivity index is 1.96. The summed E-state index contributed by atoms with van der Waals surface area (Å²) in [5.74, 6) is 2.12. The zero-order valence-electron chi connectivity index (χ0n) is 6.77. The Morgan fingerprint density at radius 1 is 1.20 bits per heavy atom. The third-order valence-corrected chi connectivity index (χ3v) is 3.20. The summed E-state index contributed by atoms with van der Waals surface area (Å²) in [6.45, 7) is 3.61. The highest BCUT2D eigenvalue weighted by Crippen LogP contribution is 2.36. The first-order chi connectivity index (χ1) is 4.86. The van der Waals surface area contributed by atoms with Crippen LogP contribution in [0.3, 0.4) is 0 Å². The fourth-order valence-corrected chi connectivity index (χ4v) is 2.58. The molecule has 1 nitrogen and oxygen atoms in total. The molecular weight excluding hydrogens is 122 g/mol. The summed E-state index contributed by atoms with van der Waals surface area (Å²) < 4.78 is 0. The van der Waals surface area contributed by atoms with Crippen molar-refractivity contribution in [3.05, 3.63) is 0 Å². The highest BCUT2D eigenvalue weighted by atomic mass is 14.9. The number of hydrogen-bond acceptors (Lipinski definition) is 1. The number of fused-ring (bicyclic) bond motifs is 1. The fourth-order valence-electron chi connectivity index (χ4n) is 2.58. The van der Waals surface area contributed by atoms with Gasteiger partial charge in [-0.25, -0.2) is 0 Å². The molecule has 0 aromatic heterocycles. The van der Waals surface area contributed by atoms with Crippen LogP contribution in [0.1, 0.15) is 32.6 Å². The third kappa shape index (κ3) is 1.07. The van der Waals surface area contributed by atoms with Crippen LogP contribution in [0.25, 0.3) is 0 Å². The van der Waals surface area contributed by atoms with Crippen LogP contribution in [-0.4, -0.2) is 12.6 Å².